The zero-order chi connectivity index (χ0) is 37.2. The quantitative estimate of drug-likeness (QED) is 0.158. The Labute approximate surface area is 299 Å². The number of nitrogens with zero attached hydrogens (tertiary/aromatic N) is 1. The Balaban J connectivity index is 1.52. The Bertz CT molecular complexity index is 1750. The first-order valence-electron chi connectivity index (χ1n) is 16.8. The lowest BCUT2D eigenvalue weighted by Gasteiger charge is -2.30. The summed E-state index contributed by atoms with van der Waals surface area (Å²) in [5.41, 5.74) is 6.90. The fraction of sp³-hybridized carbons (Fsp3) is 0.405. The summed E-state index contributed by atoms with van der Waals surface area (Å²) in [5.74, 6) is -2.44. The highest BCUT2D eigenvalue weighted by Gasteiger charge is 2.38. The molecule has 0 aromatic heterocycles. The van der Waals surface area contributed by atoms with Crippen LogP contribution in [0.5, 0.6) is 5.75 Å². The average molecular weight is 722 g/mol. The Morgan fingerprint density at radius 2 is 1.35 bits per heavy atom. The number of nitrogens with two attached hydrogens (primary N) is 1. The number of hydrogen-bond donors (Lipinski definition) is 5. The molecule has 13 nitrogen and oxygen atoms in total. The van der Waals surface area contributed by atoms with Gasteiger partial charge in [-0.2, -0.15) is 0 Å². The van der Waals surface area contributed by atoms with E-state index in [1.54, 1.807) is 87.5 Å². The van der Waals surface area contributed by atoms with Crippen LogP contribution >= 0.6 is 0 Å². The number of carbonyl (C=O) groups is 4. The fourth-order valence-corrected chi connectivity index (χ4v) is 7.49. The molecule has 0 saturated carbocycles. The molecule has 1 aliphatic rings. The number of phenolic OH excluding ortho intramolecular Hbond substituents is 1. The van der Waals surface area contributed by atoms with Crippen molar-refractivity contribution in [1.82, 2.24) is 20.3 Å². The maximum Gasteiger partial charge on any atom is 0.408 e. The van der Waals surface area contributed by atoms with Crippen molar-refractivity contribution >= 4 is 33.8 Å². The normalized spacial score (nSPS) is 16.5. The zero-order valence-corrected chi connectivity index (χ0v) is 29.9. The van der Waals surface area contributed by atoms with E-state index in [1.807, 2.05) is 6.07 Å². The molecule has 1 saturated heterocycles. The number of likely N-dealkylation sites (tertiary alicyclic amines) is 1. The number of alkyl carbamates (subject to hydrolysis) is 1. The van der Waals surface area contributed by atoms with Crippen LogP contribution < -0.4 is 21.1 Å². The van der Waals surface area contributed by atoms with Crippen LogP contribution in [-0.2, 0) is 48.4 Å². The van der Waals surface area contributed by atoms with Crippen molar-refractivity contribution in [1.29, 1.82) is 0 Å². The van der Waals surface area contributed by atoms with Gasteiger partial charge in [0.1, 0.15) is 29.5 Å². The molecule has 1 heterocycles. The van der Waals surface area contributed by atoms with E-state index < -0.39 is 69.4 Å². The van der Waals surface area contributed by atoms with Crippen molar-refractivity contribution in [2.24, 2.45) is 5.73 Å². The monoisotopic (exact) mass is 721 g/mol. The number of phenols is 1. The Hall–Kier alpha value is -4.95. The summed E-state index contributed by atoms with van der Waals surface area (Å²) in [7, 11) is -4.21. The number of rotatable bonds is 15. The maximum atomic E-state index is 14.0. The zero-order valence-electron chi connectivity index (χ0n) is 29.1. The number of nitrogens with one attached hydrogen (secondary N) is 3. The van der Waals surface area contributed by atoms with Crippen molar-refractivity contribution in [3.8, 4) is 5.75 Å². The molecular formula is C37H47N5O8S. The standard InChI is InChI=1S/C37H47N5O8S/c1-37(2,3)50-36(47)40-32(23-27-16-18-29(43)19-17-27)35(46)42-20-10-15-28(42)24-51(48,49)41-31(22-26-13-8-5-9-14-26)34(45)39-30(33(38)44)21-25-11-6-4-7-12-25/h4-9,11-14,16-19,28,30-32,41,43H,10,15,20-24H2,1-3H3,(H2,38,44)(H,39,45)(H,40,47)/t28-,30+,31+,32+/m1/s1. The molecule has 0 spiro atoms. The third kappa shape index (κ3) is 12.4. The Morgan fingerprint density at radius 1 is 0.824 bits per heavy atom. The predicted octanol–water partition coefficient (Wildman–Crippen LogP) is 2.56. The van der Waals surface area contributed by atoms with Gasteiger partial charge >= 0.3 is 6.09 Å². The van der Waals surface area contributed by atoms with E-state index in [0.29, 0.717) is 24.0 Å². The highest BCUT2D eigenvalue weighted by molar-refractivity contribution is 7.89. The van der Waals surface area contributed by atoms with Crippen LogP contribution in [0.1, 0.15) is 50.3 Å². The van der Waals surface area contributed by atoms with Crippen molar-refractivity contribution in [2.75, 3.05) is 12.3 Å². The first kappa shape index (κ1) is 38.8. The lowest BCUT2D eigenvalue weighted by atomic mass is 10.0. The highest BCUT2D eigenvalue weighted by atomic mass is 32.2. The summed E-state index contributed by atoms with van der Waals surface area (Å²) in [6.07, 6.45) is 0.273. The molecule has 4 rings (SSSR count). The van der Waals surface area contributed by atoms with E-state index in [-0.39, 0.29) is 31.6 Å². The topological polar surface area (TPSA) is 197 Å². The molecule has 0 unspecified atom stereocenters. The van der Waals surface area contributed by atoms with Gasteiger partial charge in [0.25, 0.3) is 0 Å². The smallest absolute Gasteiger partial charge is 0.408 e. The van der Waals surface area contributed by atoms with Gasteiger partial charge in [-0.25, -0.2) is 17.9 Å². The van der Waals surface area contributed by atoms with Gasteiger partial charge in [-0.3, -0.25) is 14.4 Å². The first-order chi connectivity index (χ1) is 24.1. The molecule has 274 valence electrons. The molecule has 1 aliphatic heterocycles. The molecule has 4 atom stereocenters. The maximum absolute atomic E-state index is 14.0. The minimum Gasteiger partial charge on any atom is -0.508 e. The molecule has 0 radical (unpaired) electrons. The van der Waals surface area contributed by atoms with Gasteiger partial charge < -0.3 is 31.1 Å². The summed E-state index contributed by atoms with van der Waals surface area (Å²) in [6.45, 7) is 5.34. The number of aromatic hydroxyl groups is 1. The lowest BCUT2D eigenvalue weighted by Crippen LogP contribution is -2.56. The minimum absolute atomic E-state index is 0.00938. The van der Waals surface area contributed by atoms with Gasteiger partial charge in [0.05, 0.1) is 5.75 Å². The first-order valence-corrected chi connectivity index (χ1v) is 18.5. The van der Waals surface area contributed by atoms with E-state index in [4.69, 9.17) is 10.5 Å². The molecule has 0 aliphatic carbocycles. The number of sulfonamides is 1. The molecular weight excluding hydrogens is 675 g/mol. The number of ether oxygens (including phenoxy) is 1. The Morgan fingerprint density at radius 3 is 1.90 bits per heavy atom. The summed E-state index contributed by atoms with van der Waals surface area (Å²) < 4.78 is 35.5. The van der Waals surface area contributed by atoms with Crippen molar-refractivity contribution in [3.63, 3.8) is 0 Å². The molecule has 6 N–H and O–H groups in total. The molecule has 0 bridgehead atoms. The summed E-state index contributed by atoms with van der Waals surface area (Å²) in [6, 6.07) is 19.8. The van der Waals surface area contributed by atoms with E-state index in [0.717, 1.165) is 5.56 Å². The summed E-state index contributed by atoms with van der Waals surface area (Å²) in [5, 5.41) is 15.0. The third-order valence-corrected chi connectivity index (χ3v) is 9.77. The lowest BCUT2D eigenvalue weighted by molar-refractivity contribution is -0.134. The van der Waals surface area contributed by atoms with E-state index in [2.05, 4.69) is 15.4 Å². The summed E-state index contributed by atoms with van der Waals surface area (Å²) in [4.78, 5) is 54.2. The van der Waals surface area contributed by atoms with Crippen LogP contribution in [0.4, 0.5) is 4.79 Å². The van der Waals surface area contributed by atoms with Gasteiger partial charge in [-0.15, -0.1) is 0 Å². The minimum atomic E-state index is -4.21. The van der Waals surface area contributed by atoms with Crippen molar-refractivity contribution in [3.05, 3.63) is 102 Å². The SMILES string of the molecule is CC(C)(C)OC(=O)N[C@@H](Cc1ccc(O)cc1)C(=O)N1CCC[C@@H]1CS(=O)(=O)N[C@@H](Cc1ccccc1)C(=O)N[C@@H](Cc1ccccc1)C(N)=O. The van der Waals surface area contributed by atoms with Gasteiger partial charge in [0, 0.05) is 25.4 Å². The largest absolute Gasteiger partial charge is 0.508 e. The van der Waals surface area contributed by atoms with Crippen LogP contribution in [0, 0.1) is 0 Å². The molecule has 51 heavy (non-hydrogen) atoms. The fourth-order valence-electron chi connectivity index (χ4n) is 5.92. The van der Waals surface area contributed by atoms with Gasteiger partial charge in [-0.05, 0) is 68.9 Å². The van der Waals surface area contributed by atoms with Crippen LogP contribution in [0.25, 0.3) is 0 Å². The van der Waals surface area contributed by atoms with Crippen LogP contribution in [0.15, 0.2) is 84.9 Å². The molecule has 14 heteroatoms. The second-order valence-electron chi connectivity index (χ2n) is 13.7. The third-order valence-electron chi connectivity index (χ3n) is 8.30. The number of amides is 4. The predicted molar refractivity (Wildman–Crippen MR) is 192 cm³/mol. The van der Waals surface area contributed by atoms with Gasteiger partial charge in [-0.1, -0.05) is 72.8 Å². The summed E-state index contributed by atoms with van der Waals surface area (Å²) >= 11 is 0. The molecule has 1 fully saturated rings. The second-order valence-corrected chi connectivity index (χ2v) is 15.5. The number of benzene rings is 3. The molecule has 3 aromatic rings. The van der Waals surface area contributed by atoms with Crippen molar-refractivity contribution < 1.29 is 37.4 Å². The van der Waals surface area contributed by atoms with Crippen molar-refractivity contribution in [2.45, 2.75) is 82.6 Å². The molecule has 4 amide bonds. The Kier molecular flexibility index (Phi) is 13.2. The molecule has 3 aromatic carbocycles. The number of carbonyl (C=O) groups excluding carboxylic acids is 4. The van der Waals surface area contributed by atoms with E-state index >= 15 is 0 Å². The van der Waals surface area contributed by atoms with E-state index in [9.17, 15) is 32.7 Å². The number of primary amides is 1. The van der Waals surface area contributed by atoms with Crippen LogP contribution in [-0.4, -0.2) is 84.3 Å². The average Bonchev–Trinajstić information content (AvgIpc) is 3.51. The van der Waals surface area contributed by atoms with Crippen LogP contribution in [0.3, 0.4) is 0 Å². The highest BCUT2D eigenvalue weighted by Crippen LogP contribution is 2.22. The van der Waals surface area contributed by atoms with E-state index in [1.165, 1.54) is 17.0 Å². The second kappa shape index (κ2) is 17.3. The van der Waals surface area contributed by atoms with Gasteiger partial charge in [0.2, 0.25) is 27.7 Å². The number of hydrogen-bond acceptors (Lipinski definition) is 8. The van der Waals surface area contributed by atoms with Crippen LogP contribution in [0.2, 0.25) is 0 Å². The van der Waals surface area contributed by atoms with Gasteiger partial charge in [0.15, 0.2) is 0 Å².